The topological polar surface area (TPSA) is 142 Å². The maximum atomic E-state index is 17.8. The van der Waals surface area contributed by atoms with Crippen LogP contribution in [-0.2, 0) is 42.2 Å². The first-order valence-corrected chi connectivity index (χ1v) is 25.8. The number of rotatable bonds is 18. The fraction of sp³-hybridized carbons (Fsp3) is 0.250. The number of aromatic nitrogens is 4. The minimum Gasteiger partial charge on any atom is -0.497 e. The van der Waals surface area contributed by atoms with Crippen molar-refractivity contribution >= 4 is 38.1 Å². The maximum Gasteiger partial charge on any atom is 0.417 e. The Hall–Kier alpha value is -8.33. The van der Waals surface area contributed by atoms with Crippen LogP contribution in [0.2, 0.25) is 0 Å². The van der Waals surface area contributed by atoms with E-state index < -0.39 is 78.6 Å². The molecule has 5 aromatic carbocycles. The van der Waals surface area contributed by atoms with E-state index in [1.807, 2.05) is 59.5 Å². The Bertz CT molecular complexity index is 3440. The predicted molar refractivity (Wildman–Crippen MR) is 278 cm³/mol. The van der Waals surface area contributed by atoms with E-state index >= 15 is 26.3 Å². The molecule has 1 aliphatic heterocycles. The summed E-state index contributed by atoms with van der Waals surface area (Å²) in [6, 6.07) is 30.8. The van der Waals surface area contributed by atoms with E-state index in [-0.39, 0.29) is 43.5 Å². The molecule has 0 amide bonds. The molecule has 0 aliphatic carbocycles. The minimum atomic E-state index is -5.48. The van der Waals surface area contributed by atoms with Gasteiger partial charge < -0.3 is 38.4 Å². The Morgan fingerprint density at radius 3 is 1.61 bits per heavy atom. The monoisotopic (exact) mass is 1080 g/mol. The third-order valence-corrected chi connectivity index (χ3v) is 13.9. The Balaban J connectivity index is 1.20. The van der Waals surface area contributed by atoms with Gasteiger partial charge in [0, 0.05) is 44.2 Å². The van der Waals surface area contributed by atoms with Crippen LogP contribution in [-0.4, -0.2) is 76.2 Å². The zero-order valence-electron chi connectivity index (χ0n) is 42.5. The number of hydrogen-bond acceptors (Lipinski definition) is 14. The van der Waals surface area contributed by atoms with Gasteiger partial charge in [-0.05, 0) is 89.8 Å². The molecular weight excluding hydrogens is 1030 g/mol. The molecule has 1 aliphatic rings. The number of hydrogen-bond donors (Lipinski definition) is 0. The summed E-state index contributed by atoms with van der Waals surface area (Å²) in [6.07, 6.45) is -3.08. The highest BCUT2D eigenvalue weighted by Gasteiger charge is 2.41. The predicted octanol–water partition coefficient (Wildman–Crippen LogP) is 11.3. The number of nitrogens with zero attached hydrogens (tertiary/aromatic N) is 7. The second-order valence-electron chi connectivity index (χ2n) is 18.1. The molecule has 0 bridgehead atoms. The molecule has 0 saturated carbocycles. The SMILES string of the molecule is COc1ccc(CN(Cc2ccc(OC)cc2)c2ncccc2[C@@H](C)N2CCOc3nc(-c4c(C(F)(F)F)cc(F)c(N(Cc5ccc(OC)cc5)Cc5ccc(OC)cc5)c4F)c(F)c4nc(S(C)(=O)=O)nc2c34)cc1. The summed E-state index contributed by atoms with van der Waals surface area (Å²) in [5.74, 6) is -3.00. The molecule has 0 fully saturated rings. The van der Waals surface area contributed by atoms with Gasteiger partial charge in [0.2, 0.25) is 20.9 Å². The van der Waals surface area contributed by atoms with Crippen molar-refractivity contribution in [1.82, 2.24) is 19.9 Å². The number of anilines is 3. The first kappa shape index (κ1) is 53.5. The van der Waals surface area contributed by atoms with Crippen molar-refractivity contribution in [2.75, 3.05) is 62.5 Å². The summed E-state index contributed by atoms with van der Waals surface area (Å²) in [5.41, 5.74) is -3.00. The van der Waals surface area contributed by atoms with Crippen LogP contribution in [0.1, 0.15) is 46.3 Å². The van der Waals surface area contributed by atoms with Gasteiger partial charge in [-0.15, -0.1) is 0 Å². The highest BCUT2D eigenvalue weighted by molar-refractivity contribution is 7.90. The number of pyridine rings is 2. The van der Waals surface area contributed by atoms with Crippen LogP contribution in [0.5, 0.6) is 28.9 Å². The molecule has 0 N–H and O–H groups in total. The molecule has 8 aromatic rings. The summed E-state index contributed by atoms with van der Waals surface area (Å²) in [7, 11) is 1.64. The zero-order chi connectivity index (χ0) is 54.8. The number of sulfone groups is 1. The zero-order valence-corrected chi connectivity index (χ0v) is 43.3. The summed E-state index contributed by atoms with van der Waals surface area (Å²) in [6.45, 7) is 1.68. The smallest absolute Gasteiger partial charge is 0.417 e. The van der Waals surface area contributed by atoms with Crippen molar-refractivity contribution in [3.8, 4) is 40.1 Å². The molecule has 9 rings (SSSR count). The molecule has 21 heteroatoms. The van der Waals surface area contributed by atoms with Gasteiger partial charge in [0.05, 0.1) is 52.2 Å². The highest BCUT2D eigenvalue weighted by atomic mass is 32.2. The molecular formula is C56H51F6N7O7S. The van der Waals surface area contributed by atoms with Crippen molar-refractivity contribution in [3.05, 3.63) is 172 Å². The van der Waals surface area contributed by atoms with E-state index in [1.165, 1.54) is 19.1 Å². The first-order valence-electron chi connectivity index (χ1n) is 24.0. The van der Waals surface area contributed by atoms with Crippen LogP contribution >= 0.6 is 0 Å². The van der Waals surface area contributed by atoms with E-state index in [2.05, 4.69) is 15.0 Å². The lowest BCUT2D eigenvalue weighted by atomic mass is 9.98. The molecule has 400 valence electrons. The van der Waals surface area contributed by atoms with Crippen LogP contribution in [0.15, 0.2) is 127 Å². The molecule has 0 unspecified atom stereocenters. The Morgan fingerprint density at radius 2 is 1.16 bits per heavy atom. The van der Waals surface area contributed by atoms with Crippen molar-refractivity contribution in [3.63, 3.8) is 0 Å². The Labute approximate surface area is 440 Å². The van der Waals surface area contributed by atoms with Crippen molar-refractivity contribution < 1.29 is 58.4 Å². The van der Waals surface area contributed by atoms with Crippen LogP contribution in [0, 0.1) is 17.5 Å². The lowest BCUT2D eigenvalue weighted by Crippen LogP contribution is -2.33. The van der Waals surface area contributed by atoms with Crippen molar-refractivity contribution in [1.29, 1.82) is 0 Å². The summed E-state index contributed by atoms with van der Waals surface area (Å²) >= 11 is 0. The van der Waals surface area contributed by atoms with Crippen LogP contribution in [0.3, 0.4) is 0 Å². The summed E-state index contributed by atoms with van der Waals surface area (Å²) < 4.78 is 152. The highest BCUT2D eigenvalue weighted by Crippen LogP contribution is 2.48. The molecule has 0 saturated heterocycles. The average Bonchev–Trinajstić information content (AvgIpc) is 3.67. The fourth-order valence-electron chi connectivity index (χ4n) is 9.22. The van der Waals surface area contributed by atoms with Gasteiger partial charge in [0.1, 0.15) is 69.3 Å². The molecule has 3 aromatic heterocycles. The second kappa shape index (κ2) is 22.1. The van der Waals surface area contributed by atoms with Crippen molar-refractivity contribution in [2.45, 2.75) is 50.5 Å². The molecule has 14 nitrogen and oxygen atoms in total. The van der Waals surface area contributed by atoms with Crippen LogP contribution in [0.4, 0.5) is 43.7 Å². The van der Waals surface area contributed by atoms with Crippen LogP contribution in [0.25, 0.3) is 22.2 Å². The van der Waals surface area contributed by atoms with Gasteiger partial charge in [-0.3, -0.25) is 0 Å². The van der Waals surface area contributed by atoms with Crippen molar-refractivity contribution in [2.24, 2.45) is 0 Å². The largest absolute Gasteiger partial charge is 0.497 e. The van der Waals surface area contributed by atoms with E-state index in [9.17, 15) is 8.42 Å². The van der Waals surface area contributed by atoms with Gasteiger partial charge in [-0.1, -0.05) is 54.6 Å². The second-order valence-corrected chi connectivity index (χ2v) is 20.0. The number of alkyl halides is 3. The normalized spacial score (nSPS) is 12.9. The molecule has 0 spiro atoms. The van der Waals surface area contributed by atoms with Gasteiger partial charge in [0.25, 0.3) is 0 Å². The Morgan fingerprint density at radius 1 is 0.675 bits per heavy atom. The van der Waals surface area contributed by atoms with E-state index in [4.69, 9.17) is 28.7 Å². The first-order chi connectivity index (χ1) is 36.9. The average molecular weight is 1080 g/mol. The molecule has 1 atom stereocenters. The fourth-order valence-corrected chi connectivity index (χ4v) is 9.73. The third-order valence-electron chi connectivity index (χ3n) is 13.1. The van der Waals surface area contributed by atoms with Gasteiger partial charge in [0.15, 0.2) is 11.6 Å². The van der Waals surface area contributed by atoms with Gasteiger partial charge in [-0.2, -0.15) is 13.2 Å². The minimum absolute atomic E-state index is 0.0658. The summed E-state index contributed by atoms with van der Waals surface area (Å²) in [5, 5.41) is -1.20. The maximum absolute atomic E-state index is 17.8. The van der Waals surface area contributed by atoms with E-state index in [0.29, 0.717) is 58.6 Å². The number of halogens is 6. The molecule has 4 heterocycles. The molecule has 77 heavy (non-hydrogen) atoms. The number of benzene rings is 5. The molecule has 0 radical (unpaired) electrons. The summed E-state index contributed by atoms with van der Waals surface area (Å²) in [4.78, 5) is 22.5. The lowest BCUT2D eigenvalue weighted by molar-refractivity contribution is -0.137. The quantitative estimate of drug-likeness (QED) is 0.0594. The van der Waals surface area contributed by atoms with E-state index in [1.54, 1.807) is 86.8 Å². The Kier molecular flexibility index (Phi) is 15.4. The lowest BCUT2D eigenvalue weighted by Gasteiger charge is -2.33. The van der Waals surface area contributed by atoms with E-state index in [0.717, 1.165) is 17.4 Å². The number of methoxy groups -OCH3 is 4. The standard InChI is InChI=1S/C56H51F6N7O7S/c1-33(42-8-7-25-63-52(42)68(31-36-13-21-40(74-4)22-14-36)32-37-15-23-41(75-5)24-16-37)69-26-27-76-54-46-50(65-55(66-53(46)69)77(6,70)71)48(59)49(64-54)45-43(56(60,61)62)28-44(57)51(47(45)58)67(29-34-9-17-38(72-2)18-10-34)30-35-11-19-39(73-3)20-12-35/h7-25,28,33H,26-27,29-32H2,1-6H3/t33-/m1/s1. The van der Waals surface area contributed by atoms with Crippen LogP contribution < -0.4 is 38.4 Å². The number of ether oxygens (including phenoxy) is 5. The third kappa shape index (κ3) is 11.3. The van der Waals surface area contributed by atoms with Gasteiger partial charge >= 0.3 is 6.18 Å². The van der Waals surface area contributed by atoms with Gasteiger partial charge in [-0.25, -0.2) is 41.5 Å².